The number of carbonyl (C=O) groups is 2. The highest BCUT2D eigenvalue weighted by atomic mass is 16.5. The predicted molar refractivity (Wildman–Crippen MR) is 92.2 cm³/mol. The lowest BCUT2D eigenvalue weighted by atomic mass is 10.0. The molecule has 0 spiro atoms. The summed E-state index contributed by atoms with van der Waals surface area (Å²) in [7, 11) is 1.63. The minimum Gasteiger partial charge on any atom is -0.491 e. The number of rotatable bonds is 6. The largest absolute Gasteiger partial charge is 0.491 e. The average molecular weight is 347 g/mol. The molecule has 1 heterocycles. The third kappa shape index (κ3) is 5.89. The van der Waals surface area contributed by atoms with Crippen LogP contribution in [0.2, 0.25) is 0 Å². The molecule has 7 nitrogen and oxygen atoms in total. The van der Waals surface area contributed by atoms with Gasteiger partial charge in [0.15, 0.2) is 0 Å². The van der Waals surface area contributed by atoms with Crippen molar-refractivity contribution in [3.05, 3.63) is 47.2 Å². The molecule has 0 saturated heterocycles. The van der Waals surface area contributed by atoms with Crippen LogP contribution in [0, 0.1) is 13.8 Å². The van der Waals surface area contributed by atoms with Crippen molar-refractivity contribution in [2.75, 3.05) is 20.3 Å². The number of benzene rings is 1. The van der Waals surface area contributed by atoms with Crippen LogP contribution in [0.25, 0.3) is 11.3 Å². The lowest BCUT2D eigenvalue weighted by molar-refractivity contribution is -0.122. The number of aromatic nitrogens is 1. The summed E-state index contributed by atoms with van der Waals surface area (Å²) < 4.78 is 10.4. The van der Waals surface area contributed by atoms with Gasteiger partial charge in [-0.3, -0.25) is 9.78 Å². The fraction of sp³-hybridized carbons (Fsp3) is 0.278. The molecule has 1 aromatic heterocycles. The molecule has 134 valence electrons. The van der Waals surface area contributed by atoms with Gasteiger partial charge in [-0.2, -0.15) is 0 Å². The normalized spacial score (nSPS) is 9.72. The van der Waals surface area contributed by atoms with E-state index in [9.17, 15) is 9.90 Å². The fourth-order valence-corrected chi connectivity index (χ4v) is 2.27. The Balaban J connectivity index is 0.000000970. The molecule has 0 bridgehead atoms. The van der Waals surface area contributed by atoms with Crippen LogP contribution < -0.4 is 4.74 Å². The highest BCUT2D eigenvalue weighted by Gasteiger charge is 2.14. The Morgan fingerprint density at radius 1 is 1.20 bits per heavy atom. The number of aromatic carboxylic acids is 1. The molecule has 7 heteroatoms. The van der Waals surface area contributed by atoms with Gasteiger partial charge in [0.25, 0.3) is 6.47 Å². The predicted octanol–water partition coefficient (Wildman–Crippen LogP) is 2.79. The topological polar surface area (TPSA) is 106 Å². The van der Waals surface area contributed by atoms with Gasteiger partial charge in [0.1, 0.15) is 12.4 Å². The van der Waals surface area contributed by atoms with Crippen LogP contribution in [0.4, 0.5) is 0 Å². The van der Waals surface area contributed by atoms with Crippen molar-refractivity contribution < 1.29 is 29.3 Å². The molecule has 1 aromatic carbocycles. The second kappa shape index (κ2) is 10.0. The summed E-state index contributed by atoms with van der Waals surface area (Å²) in [6.07, 6.45) is 0. The van der Waals surface area contributed by atoms with Gasteiger partial charge in [0, 0.05) is 12.7 Å². The van der Waals surface area contributed by atoms with Gasteiger partial charge in [-0.15, -0.1) is 0 Å². The summed E-state index contributed by atoms with van der Waals surface area (Å²) >= 11 is 0. The lowest BCUT2D eigenvalue weighted by Crippen LogP contribution is -2.06. The van der Waals surface area contributed by atoms with E-state index in [1.807, 2.05) is 24.3 Å². The van der Waals surface area contributed by atoms with E-state index in [2.05, 4.69) is 4.98 Å². The molecule has 0 aliphatic rings. The van der Waals surface area contributed by atoms with Crippen LogP contribution in [-0.4, -0.2) is 48.0 Å². The number of pyridine rings is 1. The SMILES string of the molecule is COCCOc1ccc(-c2cc(C)c(C(=O)O)c(C)n2)cc1.O=CO. The summed E-state index contributed by atoms with van der Waals surface area (Å²) in [5.41, 5.74) is 3.16. The van der Waals surface area contributed by atoms with Crippen LogP contribution in [-0.2, 0) is 9.53 Å². The maximum Gasteiger partial charge on any atom is 0.337 e. The van der Waals surface area contributed by atoms with Crippen LogP contribution in [0.1, 0.15) is 21.6 Å². The number of methoxy groups -OCH3 is 1. The zero-order valence-corrected chi connectivity index (χ0v) is 14.4. The second-order valence-corrected chi connectivity index (χ2v) is 5.06. The summed E-state index contributed by atoms with van der Waals surface area (Å²) in [5.74, 6) is -0.188. The molecule has 0 aliphatic heterocycles. The first kappa shape index (κ1) is 20.1. The number of aryl methyl sites for hydroxylation is 2. The highest BCUT2D eigenvalue weighted by molar-refractivity contribution is 5.91. The smallest absolute Gasteiger partial charge is 0.337 e. The van der Waals surface area contributed by atoms with Gasteiger partial charge in [0.05, 0.1) is 23.6 Å². The summed E-state index contributed by atoms with van der Waals surface area (Å²) in [6.45, 7) is 4.28. The number of carboxylic acids is 1. The van der Waals surface area contributed by atoms with E-state index in [0.29, 0.717) is 24.5 Å². The van der Waals surface area contributed by atoms with Crippen molar-refractivity contribution >= 4 is 12.4 Å². The highest BCUT2D eigenvalue weighted by Crippen LogP contribution is 2.24. The molecule has 2 rings (SSSR count). The van der Waals surface area contributed by atoms with Gasteiger partial charge in [0.2, 0.25) is 0 Å². The number of nitrogens with zero attached hydrogens (tertiary/aromatic N) is 1. The molecule has 0 amide bonds. The van der Waals surface area contributed by atoms with Crippen LogP contribution in [0.3, 0.4) is 0 Å². The zero-order valence-electron chi connectivity index (χ0n) is 14.4. The van der Waals surface area contributed by atoms with Gasteiger partial charge < -0.3 is 19.7 Å². The van der Waals surface area contributed by atoms with E-state index >= 15 is 0 Å². The quantitative estimate of drug-likeness (QED) is 0.611. The van der Waals surface area contributed by atoms with Crippen molar-refractivity contribution in [3.8, 4) is 17.0 Å². The molecule has 0 fully saturated rings. The van der Waals surface area contributed by atoms with E-state index in [1.54, 1.807) is 27.0 Å². The van der Waals surface area contributed by atoms with Crippen LogP contribution >= 0.6 is 0 Å². The number of ether oxygens (including phenoxy) is 2. The molecule has 0 unspecified atom stereocenters. The summed E-state index contributed by atoms with van der Waals surface area (Å²) in [5, 5.41) is 16.1. The van der Waals surface area contributed by atoms with Crippen molar-refractivity contribution in [2.45, 2.75) is 13.8 Å². The standard InChI is InChI=1S/C17H19NO4.CH2O2/c1-11-10-15(18-12(2)16(11)17(19)20)13-4-6-14(7-5-13)22-9-8-21-3;2-1-3/h4-7,10H,8-9H2,1-3H3,(H,19,20);1H,(H,2,3). The van der Waals surface area contributed by atoms with E-state index in [4.69, 9.17) is 19.4 Å². The third-order valence-electron chi connectivity index (χ3n) is 3.32. The maximum absolute atomic E-state index is 11.2. The van der Waals surface area contributed by atoms with Gasteiger partial charge in [-0.25, -0.2) is 4.79 Å². The van der Waals surface area contributed by atoms with Crippen LogP contribution in [0.5, 0.6) is 5.75 Å². The molecular formula is C18H21NO6. The maximum atomic E-state index is 11.2. The van der Waals surface area contributed by atoms with Gasteiger partial charge in [-0.05, 0) is 49.7 Å². The van der Waals surface area contributed by atoms with Crippen LogP contribution in [0.15, 0.2) is 30.3 Å². The number of carboxylic acid groups (broad SMARTS) is 2. The Hall–Kier alpha value is -2.93. The average Bonchev–Trinajstić information content (AvgIpc) is 2.55. The first-order chi connectivity index (χ1) is 11.9. The molecule has 25 heavy (non-hydrogen) atoms. The fourth-order valence-electron chi connectivity index (χ4n) is 2.27. The second-order valence-electron chi connectivity index (χ2n) is 5.06. The Morgan fingerprint density at radius 2 is 1.80 bits per heavy atom. The number of hydrogen-bond donors (Lipinski definition) is 2. The molecule has 2 aromatic rings. The van der Waals surface area contributed by atoms with E-state index in [-0.39, 0.29) is 12.0 Å². The Morgan fingerprint density at radius 3 is 2.28 bits per heavy atom. The van der Waals surface area contributed by atoms with E-state index in [0.717, 1.165) is 17.0 Å². The zero-order chi connectivity index (χ0) is 18.8. The third-order valence-corrected chi connectivity index (χ3v) is 3.32. The molecule has 0 atom stereocenters. The molecular weight excluding hydrogens is 326 g/mol. The van der Waals surface area contributed by atoms with Gasteiger partial charge >= 0.3 is 5.97 Å². The van der Waals surface area contributed by atoms with Crippen molar-refractivity contribution in [3.63, 3.8) is 0 Å². The number of hydrogen-bond acceptors (Lipinski definition) is 5. The molecule has 0 radical (unpaired) electrons. The Bertz CT molecular complexity index is 689. The first-order valence-corrected chi connectivity index (χ1v) is 7.46. The lowest BCUT2D eigenvalue weighted by Gasteiger charge is -2.10. The summed E-state index contributed by atoms with van der Waals surface area (Å²) in [6, 6.07) is 9.33. The summed E-state index contributed by atoms with van der Waals surface area (Å²) in [4.78, 5) is 23.9. The van der Waals surface area contributed by atoms with E-state index in [1.165, 1.54) is 0 Å². The first-order valence-electron chi connectivity index (χ1n) is 7.46. The monoisotopic (exact) mass is 347 g/mol. The minimum absolute atomic E-state index is 0.250. The van der Waals surface area contributed by atoms with E-state index < -0.39 is 5.97 Å². The molecule has 0 saturated carbocycles. The van der Waals surface area contributed by atoms with Gasteiger partial charge in [-0.1, -0.05) is 0 Å². The Labute approximate surface area is 145 Å². The minimum atomic E-state index is -0.948. The Kier molecular flexibility index (Phi) is 8.08. The molecule has 0 aliphatic carbocycles. The van der Waals surface area contributed by atoms with Crippen molar-refractivity contribution in [1.82, 2.24) is 4.98 Å². The van der Waals surface area contributed by atoms with Crippen molar-refractivity contribution in [2.24, 2.45) is 0 Å². The molecule has 2 N–H and O–H groups in total. The van der Waals surface area contributed by atoms with Crippen molar-refractivity contribution in [1.29, 1.82) is 0 Å².